The number of hydrogen-bond donors (Lipinski definition) is 1. The molecule has 0 fully saturated rings. The number of nitrogens with zero attached hydrogens (tertiary/aromatic N) is 4. The third-order valence-corrected chi connectivity index (χ3v) is 5.28. The van der Waals surface area contributed by atoms with Crippen molar-refractivity contribution in [2.75, 3.05) is 42.4 Å². The Morgan fingerprint density at radius 3 is 2.61 bits per heavy atom. The Balaban J connectivity index is 1.57. The highest BCUT2D eigenvalue weighted by Gasteiger charge is 2.29. The van der Waals surface area contributed by atoms with E-state index in [-0.39, 0.29) is 24.7 Å². The molecular weight excluding hydrogens is 397 g/mol. The van der Waals surface area contributed by atoms with Crippen molar-refractivity contribution in [1.82, 2.24) is 9.97 Å². The summed E-state index contributed by atoms with van der Waals surface area (Å²) in [6.45, 7) is 0.932. The van der Waals surface area contributed by atoms with Crippen LogP contribution in [0.4, 0.5) is 21.7 Å². The van der Waals surface area contributed by atoms with Crippen LogP contribution in [0, 0.1) is 5.82 Å². The molecule has 0 aliphatic carbocycles. The predicted octanol–water partition coefficient (Wildman–Crippen LogP) is 3.26. The Labute approximate surface area is 180 Å². The number of nitrogens with one attached hydrogen (secondary N) is 1. The maximum atomic E-state index is 14.4. The second-order valence-electron chi connectivity index (χ2n) is 7.34. The van der Waals surface area contributed by atoms with Crippen LogP contribution < -0.4 is 19.9 Å². The molecule has 31 heavy (non-hydrogen) atoms. The molecule has 0 bridgehead atoms. The first-order valence-corrected chi connectivity index (χ1v) is 10.0. The molecular formula is C23H24FN5O2. The Morgan fingerprint density at radius 2 is 1.87 bits per heavy atom. The van der Waals surface area contributed by atoms with E-state index < -0.39 is 5.82 Å². The lowest BCUT2D eigenvalue weighted by molar-refractivity contribution is -0.117. The zero-order valence-electron chi connectivity index (χ0n) is 17.5. The number of ether oxygens (including phenoxy) is 1. The second kappa shape index (κ2) is 8.99. The van der Waals surface area contributed by atoms with Crippen LogP contribution in [0.1, 0.15) is 11.1 Å². The van der Waals surface area contributed by atoms with Gasteiger partial charge >= 0.3 is 0 Å². The van der Waals surface area contributed by atoms with Crippen molar-refractivity contribution in [3.8, 4) is 5.75 Å². The van der Waals surface area contributed by atoms with Gasteiger partial charge in [-0.3, -0.25) is 4.79 Å². The third-order valence-electron chi connectivity index (χ3n) is 5.28. The fourth-order valence-electron chi connectivity index (χ4n) is 3.65. The molecule has 1 aliphatic heterocycles. The van der Waals surface area contributed by atoms with Gasteiger partial charge in [0, 0.05) is 13.6 Å². The minimum absolute atomic E-state index is 0.101. The van der Waals surface area contributed by atoms with Gasteiger partial charge in [-0.1, -0.05) is 24.3 Å². The number of para-hydroxylation sites is 1. The molecule has 2 aromatic carbocycles. The quantitative estimate of drug-likeness (QED) is 0.659. The van der Waals surface area contributed by atoms with Gasteiger partial charge in [0.1, 0.15) is 29.5 Å². The summed E-state index contributed by atoms with van der Waals surface area (Å²) >= 11 is 0. The molecule has 1 aliphatic rings. The van der Waals surface area contributed by atoms with Crippen molar-refractivity contribution in [3.63, 3.8) is 0 Å². The van der Waals surface area contributed by atoms with Crippen molar-refractivity contribution in [1.29, 1.82) is 0 Å². The van der Waals surface area contributed by atoms with Gasteiger partial charge in [0.15, 0.2) is 0 Å². The Kier molecular flexibility index (Phi) is 5.97. The zero-order valence-corrected chi connectivity index (χ0v) is 17.5. The predicted molar refractivity (Wildman–Crippen MR) is 118 cm³/mol. The number of benzene rings is 2. The van der Waals surface area contributed by atoms with Gasteiger partial charge in [0.25, 0.3) is 0 Å². The maximum absolute atomic E-state index is 14.4. The molecule has 4 rings (SSSR count). The highest BCUT2D eigenvalue weighted by Crippen LogP contribution is 2.31. The molecule has 0 unspecified atom stereocenters. The molecule has 0 spiro atoms. The van der Waals surface area contributed by atoms with E-state index in [1.54, 1.807) is 37.3 Å². The molecule has 0 saturated heterocycles. The van der Waals surface area contributed by atoms with Gasteiger partial charge in [-0.15, -0.1) is 0 Å². The number of likely N-dealkylation sites (N-methyl/N-ethyl adjacent to an activating group) is 1. The van der Waals surface area contributed by atoms with Gasteiger partial charge in [-0.25, -0.2) is 14.4 Å². The number of anilines is 3. The molecule has 8 heteroatoms. The summed E-state index contributed by atoms with van der Waals surface area (Å²) in [7, 11) is 3.44. The van der Waals surface area contributed by atoms with Crippen molar-refractivity contribution in [3.05, 3.63) is 71.8 Å². The van der Waals surface area contributed by atoms with E-state index in [4.69, 9.17) is 4.74 Å². The minimum atomic E-state index is -0.437. The SMILES string of the molecule is COc1ccc(CCNc2ncnc3c2CN(c2ccccc2F)C(=O)CN3C)cc1. The highest BCUT2D eigenvalue weighted by molar-refractivity contribution is 5.98. The van der Waals surface area contributed by atoms with Gasteiger partial charge < -0.3 is 19.9 Å². The van der Waals surface area contributed by atoms with Gasteiger partial charge in [0.05, 0.1) is 31.5 Å². The fraction of sp³-hybridized carbons (Fsp3) is 0.261. The fourth-order valence-corrected chi connectivity index (χ4v) is 3.65. The van der Waals surface area contributed by atoms with Crippen molar-refractivity contribution >= 4 is 23.2 Å². The van der Waals surface area contributed by atoms with Gasteiger partial charge in [-0.05, 0) is 36.2 Å². The number of methoxy groups -OCH3 is 1. The van der Waals surface area contributed by atoms with Gasteiger partial charge in [0.2, 0.25) is 5.91 Å². The van der Waals surface area contributed by atoms with Crippen LogP contribution in [0.5, 0.6) is 5.75 Å². The van der Waals surface area contributed by atoms with Crippen molar-refractivity contribution < 1.29 is 13.9 Å². The lowest BCUT2D eigenvalue weighted by Gasteiger charge is -2.22. The van der Waals surface area contributed by atoms with E-state index in [1.807, 2.05) is 24.3 Å². The van der Waals surface area contributed by atoms with Crippen LogP contribution in [0.2, 0.25) is 0 Å². The summed E-state index contributed by atoms with van der Waals surface area (Å²) in [6, 6.07) is 14.2. The Morgan fingerprint density at radius 1 is 1.10 bits per heavy atom. The first kappa shape index (κ1) is 20.6. The van der Waals surface area contributed by atoms with Crippen LogP contribution in [0.25, 0.3) is 0 Å². The number of amides is 1. The number of carbonyl (C=O) groups is 1. The van der Waals surface area contributed by atoms with Crippen LogP contribution >= 0.6 is 0 Å². The highest BCUT2D eigenvalue weighted by atomic mass is 19.1. The minimum Gasteiger partial charge on any atom is -0.497 e. The molecule has 1 aromatic heterocycles. The van der Waals surface area contributed by atoms with Gasteiger partial charge in [-0.2, -0.15) is 0 Å². The molecule has 1 amide bonds. The maximum Gasteiger partial charge on any atom is 0.246 e. The third kappa shape index (κ3) is 4.42. The van der Waals surface area contributed by atoms with Crippen LogP contribution in [0.3, 0.4) is 0 Å². The summed E-state index contributed by atoms with van der Waals surface area (Å²) in [5.41, 5.74) is 2.17. The zero-order chi connectivity index (χ0) is 21.8. The molecule has 2 heterocycles. The Hall–Kier alpha value is -3.68. The van der Waals surface area contributed by atoms with Crippen LogP contribution in [-0.2, 0) is 17.8 Å². The summed E-state index contributed by atoms with van der Waals surface area (Å²) < 4.78 is 19.6. The summed E-state index contributed by atoms with van der Waals surface area (Å²) in [6.07, 6.45) is 2.27. The van der Waals surface area contributed by atoms with E-state index >= 15 is 0 Å². The number of halogens is 1. The normalized spacial score (nSPS) is 13.6. The lowest BCUT2D eigenvalue weighted by Crippen LogP contribution is -2.36. The summed E-state index contributed by atoms with van der Waals surface area (Å²) in [4.78, 5) is 24.9. The molecule has 7 nitrogen and oxygen atoms in total. The average molecular weight is 421 g/mol. The molecule has 1 N–H and O–H groups in total. The largest absolute Gasteiger partial charge is 0.497 e. The first-order chi connectivity index (χ1) is 15.1. The van der Waals surface area contributed by atoms with E-state index in [0.29, 0.717) is 18.2 Å². The molecule has 0 saturated carbocycles. The number of carbonyl (C=O) groups excluding carboxylic acids is 1. The van der Waals surface area contributed by atoms with E-state index in [2.05, 4.69) is 15.3 Å². The molecule has 0 atom stereocenters. The number of rotatable bonds is 6. The monoisotopic (exact) mass is 421 g/mol. The van der Waals surface area contributed by atoms with E-state index in [9.17, 15) is 9.18 Å². The molecule has 0 radical (unpaired) electrons. The van der Waals surface area contributed by atoms with Crippen LogP contribution in [0.15, 0.2) is 54.9 Å². The molecule has 3 aromatic rings. The first-order valence-electron chi connectivity index (χ1n) is 10.0. The second-order valence-corrected chi connectivity index (χ2v) is 7.34. The number of aromatic nitrogens is 2. The van der Waals surface area contributed by atoms with E-state index in [0.717, 1.165) is 23.3 Å². The van der Waals surface area contributed by atoms with Crippen molar-refractivity contribution in [2.24, 2.45) is 0 Å². The topological polar surface area (TPSA) is 70.6 Å². The number of fused-ring (bicyclic) bond motifs is 1. The van der Waals surface area contributed by atoms with Crippen LogP contribution in [-0.4, -0.2) is 43.1 Å². The summed E-state index contributed by atoms with van der Waals surface area (Å²) in [5, 5.41) is 3.36. The standard InChI is InChI=1S/C23H24FN5O2/c1-28-14-21(30)29(20-6-4-3-5-19(20)24)13-18-22(26-15-27-23(18)28)25-12-11-16-7-9-17(31-2)10-8-16/h3-10,15H,11-14H2,1-2H3,(H,25,26,27). The smallest absolute Gasteiger partial charge is 0.246 e. The Bertz CT molecular complexity index is 1070. The van der Waals surface area contributed by atoms with Crippen molar-refractivity contribution in [2.45, 2.75) is 13.0 Å². The average Bonchev–Trinajstić information content (AvgIpc) is 2.91. The molecule has 160 valence electrons. The lowest BCUT2D eigenvalue weighted by atomic mass is 10.1. The number of hydrogen-bond acceptors (Lipinski definition) is 6. The summed E-state index contributed by atoms with van der Waals surface area (Å²) in [5.74, 6) is 1.48. The van der Waals surface area contributed by atoms with E-state index in [1.165, 1.54) is 17.3 Å².